The van der Waals surface area contributed by atoms with Crippen LogP contribution in [0.5, 0.6) is 0 Å². The van der Waals surface area contributed by atoms with Crippen molar-refractivity contribution in [2.45, 2.75) is 25.0 Å². The maximum Gasteiger partial charge on any atom is 0.506 e. The summed E-state index contributed by atoms with van der Waals surface area (Å²) in [5.74, 6) is -0.264. The number of carboxylic acid groups (broad SMARTS) is 1. The number of rotatable bonds is 4. The molecular weight excluding hydrogens is 186 g/mol. The van der Waals surface area contributed by atoms with Crippen molar-refractivity contribution in [3.63, 3.8) is 0 Å². The molecule has 2 N–H and O–H groups in total. The lowest BCUT2D eigenvalue weighted by Gasteiger charge is -2.14. The van der Waals surface area contributed by atoms with Gasteiger partial charge in [0.15, 0.2) is 11.9 Å². The topological polar surface area (TPSA) is 75.6 Å². The van der Waals surface area contributed by atoms with Crippen molar-refractivity contribution in [1.29, 1.82) is 0 Å². The molecule has 2 unspecified atom stereocenters. The Kier molecular flexibility index (Phi) is 3.64. The van der Waals surface area contributed by atoms with Crippen LogP contribution in [0.2, 0.25) is 0 Å². The quantitative estimate of drug-likeness (QED) is 0.511. The Balaban J connectivity index is 2.54. The molecule has 5 heteroatoms. The average Bonchev–Trinajstić information content (AvgIpc) is 2.65. The zero-order valence-electron chi connectivity index (χ0n) is 7.73. The summed E-state index contributed by atoms with van der Waals surface area (Å²) in [5.41, 5.74) is 0. The molecule has 1 aliphatic heterocycles. The van der Waals surface area contributed by atoms with Crippen LogP contribution < -0.4 is 5.32 Å². The first-order valence-electron chi connectivity index (χ1n) is 4.44. The third-order valence-corrected chi connectivity index (χ3v) is 2.13. The van der Waals surface area contributed by atoms with Crippen LogP contribution in [0.15, 0.2) is 12.7 Å². The Labute approximate surface area is 81.7 Å². The molecule has 1 heterocycles. The smallest absolute Gasteiger partial charge is 0.450 e. The molecular formula is C9H13NO4. The number of hydrogen-bond donors (Lipinski definition) is 2. The molecule has 78 valence electrons. The number of carbonyl (C=O) groups is 2. The largest absolute Gasteiger partial charge is 0.506 e. The van der Waals surface area contributed by atoms with Crippen LogP contribution in [-0.2, 0) is 9.53 Å². The van der Waals surface area contributed by atoms with Crippen molar-refractivity contribution >= 4 is 11.9 Å². The molecule has 14 heavy (non-hydrogen) atoms. The summed E-state index contributed by atoms with van der Waals surface area (Å²) < 4.78 is 4.38. The van der Waals surface area contributed by atoms with Gasteiger partial charge in [-0.2, -0.15) is 0 Å². The van der Waals surface area contributed by atoms with Crippen LogP contribution in [-0.4, -0.2) is 35.7 Å². The zero-order valence-corrected chi connectivity index (χ0v) is 7.73. The molecule has 0 bridgehead atoms. The van der Waals surface area contributed by atoms with E-state index in [-0.39, 0.29) is 11.8 Å². The van der Waals surface area contributed by atoms with Gasteiger partial charge in [-0.3, -0.25) is 4.79 Å². The summed E-state index contributed by atoms with van der Waals surface area (Å²) in [6, 6.07) is -0.294. The van der Waals surface area contributed by atoms with Crippen molar-refractivity contribution in [2.75, 3.05) is 6.54 Å². The Morgan fingerprint density at radius 1 is 1.64 bits per heavy atom. The molecule has 1 fully saturated rings. The SMILES string of the molecule is C=CC(OC(=O)O)C(=O)C1CCCN1. The summed E-state index contributed by atoms with van der Waals surface area (Å²) in [7, 11) is 0. The number of ether oxygens (including phenoxy) is 1. The van der Waals surface area contributed by atoms with E-state index < -0.39 is 12.3 Å². The van der Waals surface area contributed by atoms with E-state index in [4.69, 9.17) is 5.11 Å². The summed E-state index contributed by atoms with van der Waals surface area (Å²) in [4.78, 5) is 21.8. The van der Waals surface area contributed by atoms with Crippen LogP contribution >= 0.6 is 0 Å². The molecule has 5 nitrogen and oxygen atoms in total. The predicted octanol–water partition coefficient (Wildman–Crippen LogP) is 0.557. The normalized spacial score (nSPS) is 22.7. The van der Waals surface area contributed by atoms with Gasteiger partial charge in [-0.05, 0) is 25.5 Å². The lowest BCUT2D eigenvalue weighted by Crippen LogP contribution is -2.39. The number of carbonyl (C=O) groups excluding carboxylic acids is 1. The molecule has 0 aromatic rings. The van der Waals surface area contributed by atoms with E-state index in [0.29, 0.717) is 0 Å². The van der Waals surface area contributed by atoms with Crippen molar-refractivity contribution in [3.05, 3.63) is 12.7 Å². The summed E-state index contributed by atoms with van der Waals surface area (Å²) >= 11 is 0. The Hall–Kier alpha value is -1.36. The second-order valence-electron chi connectivity index (χ2n) is 3.09. The minimum atomic E-state index is -1.46. The third kappa shape index (κ3) is 2.56. The minimum absolute atomic E-state index is 0.264. The molecule has 0 aromatic carbocycles. The number of ketones is 1. The van der Waals surface area contributed by atoms with Crippen molar-refractivity contribution < 1.29 is 19.4 Å². The molecule has 0 saturated carbocycles. The van der Waals surface area contributed by atoms with Gasteiger partial charge in [0.25, 0.3) is 0 Å². The second kappa shape index (κ2) is 4.76. The van der Waals surface area contributed by atoms with E-state index in [1.54, 1.807) is 0 Å². The third-order valence-electron chi connectivity index (χ3n) is 2.13. The molecule has 0 aliphatic carbocycles. The van der Waals surface area contributed by atoms with Gasteiger partial charge in [-0.25, -0.2) is 4.79 Å². The van der Waals surface area contributed by atoms with Gasteiger partial charge in [0.2, 0.25) is 0 Å². The van der Waals surface area contributed by atoms with E-state index in [1.165, 1.54) is 6.08 Å². The fourth-order valence-corrected chi connectivity index (χ4v) is 1.46. The van der Waals surface area contributed by atoms with Gasteiger partial charge in [-0.15, -0.1) is 0 Å². The molecule has 0 radical (unpaired) electrons. The first kappa shape index (κ1) is 10.7. The highest BCUT2D eigenvalue weighted by Crippen LogP contribution is 2.10. The predicted molar refractivity (Wildman–Crippen MR) is 49.1 cm³/mol. The first-order chi connectivity index (χ1) is 6.65. The van der Waals surface area contributed by atoms with Crippen molar-refractivity contribution in [1.82, 2.24) is 5.32 Å². The van der Waals surface area contributed by atoms with E-state index in [0.717, 1.165) is 19.4 Å². The standard InChI is InChI=1S/C9H13NO4/c1-2-7(14-9(12)13)8(11)6-4-3-5-10-6/h2,6-7,10H,1,3-5H2,(H,12,13). The van der Waals surface area contributed by atoms with Crippen LogP contribution in [0.25, 0.3) is 0 Å². The molecule has 1 aliphatic rings. The van der Waals surface area contributed by atoms with Crippen LogP contribution in [0, 0.1) is 0 Å². The lowest BCUT2D eigenvalue weighted by molar-refractivity contribution is -0.127. The van der Waals surface area contributed by atoms with Crippen LogP contribution in [0.4, 0.5) is 4.79 Å². The summed E-state index contributed by atoms with van der Waals surface area (Å²) in [6.07, 6.45) is 0.347. The number of nitrogens with one attached hydrogen (secondary N) is 1. The maximum atomic E-state index is 11.6. The van der Waals surface area contributed by atoms with E-state index >= 15 is 0 Å². The molecule has 0 aromatic heterocycles. The molecule has 0 amide bonds. The minimum Gasteiger partial charge on any atom is -0.450 e. The van der Waals surface area contributed by atoms with E-state index in [1.807, 2.05) is 0 Å². The van der Waals surface area contributed by atoms with Gasteiger partial charge in [-0.1, -0.05) is 6.58 Å². The zero-order chi connectivity index (χ0) is 10.6. The van der Waals surface area contributed by atoms with Gasteiger partial charge in [0, 0.05) is 0 Å². The van der Waals surface area contributed by atoms with E-state index in [2.05, 4.69) is 16.6 Å². The van der Waals surface area contributed by atoms with Gasteiger partial charge in [0.1, 0.15) is 0 Å². The Morgan fingerprint density at radius 3 is 2.79 bits per heavy atom. The van der Waals surface area contributed by atoms with Crippen LogP contribution in [0.3, 0.4) is 0 Å². The number of hydrogen-bond acceptors (Lipinski definition) is 4. The molecule has 1 rings (SSSR count). The van der Waals surface area contributed by atoms with Crippen LogP contribution in [0.1, 0.15) is 12.8 Å². The highest BCUT2D eigenvalue weighted by molar-refractivity contribution is 5.91. The van der Waals surface area contributed by atoms with Gasteiger partial charge < -0.3 is 15.2 Å². The Bertz CT molecular complexity index is 245. The van der Waals surface area contributed by atoms with Crippen molar-refractivity contribution in [3.8, 4) is 0 Å². The molecule has 1 saturated heterocycles. The lowest BCUT2D eigenvalue weighted by atomic mass is 10.1. The Morgan fingerprint density at radius 2 is 2.36 bits per heavy atom. The van der Waals surface area contributed by atoms with Gasteiger partial charge in [0.05, 0.1) is 6.04 Å². The fraction of sp³-hybridized carbons (Fsp3) is 0.556. The first-order valence-corrected chi connectivity index (χ1v) is 4.44. The fourth-order valence-electron chi connectivity index (χ4n) is 1.46. The monoisotopic (exact) mass is 199 g/mol. The summed E-state index contributed by atoms with van der Waals surface area (Å²) in [5, 5.41) is 11.3. The summed E-state index contributed by atoms with van der Waals surface area (Å²) in [6.45, 7) is 4.15. The van der Waals surface area contributed by atoms with E-state index in [9.17, 15) is 9.59 Å². The van der Waals surface area contributed by atoms with Crippen molar-refractivity contribution in [2.24, 2.45) is 0 Å². The molecule has 0 spiro atoms. The van der Waals surface area contributed by atoms with Gasteiger partial charge >= 0.3 is 6.16 Å². The molecule has 2 atom stereocenters. The second-order valence-corrected chi connectivity index (χ2v) is 3.09. The number of Topliss-reactive ketones (excluding diaryl/α,β-unsaturated/α-hetero) is 1. The average molecular weight is 199 g/mol. The highest BCUT2D eigenvalue weighted by Gasteiger charge is 2.29. The highest BCUT2D eigenvalue weighted by atomic mass is 16.7. The maximum absolute atomic E-state index is 11.6.